The second kappa shape index (κ2) is 9.19. The fourth-order valence-electron chi connectivity index (χ4n) is 4.52. The third kappa shape index (κ3) is 4.94. The molecular weight excluding hydrogens is 375 g/mol. The van der Waals surface area contributed by atoms with Gasteiger partial charge in [0.15, 0.2) is 0 Å². The van der Waals surface area contributed by atoms with Gasteiger partial charge in [0, 0.05) is 51.2 Å². The highest BCUT2D eigenvalue weighted by molar-refractivity contribution is 5.83. The van der Waals surface area contributed by atoms with Crippen LogP contribution in [-0.4, -0.2) is 79.1 Å². The van der Waals surface area contributed by atoms with E-state index in [1.807, 2.05) is 4.90 Å². The largest absolute Gasteiger partial charge is 0.378 e. The summed E-state index contributed by atoms with van der Waals surface area (Å²) in [6, 6.07) is 6.72. The minimum absolute atomic E-state index is 0.0758. The summed E-state index contributed by atoms with van der Waals surface area (Å²) >= 11 is 0. The smallest absolute Gasteiger partial charge is 0.237 e. The lowest BCUT2D eigenvalue weighted by atomic mass is 10.0. The maximum Gasteiger partial charge on any atom is 0.237 e. The summed E-state index contributed by atoms with van der Waals surface area (Å²) in [5.74, 6) is 0.0108. The normalized spacial score (nSPS) is 27.6. The fraction of sp³-hybridized carbons (Fsp3) is 0.619. The van der Waals surface area contributed by atoms with Gasteiger partial charge in [-0.1, -0.05) is 12.1 Å². The maximum atomic E-state index is 13.1. The molecule has 1 aromatic rings. The van der Waals surface area contributed by atoms with Gasteiger partial charge in [-0.25, -0.2) is 4.39 Å². The topological polar surface area (TPSA) is 73.9 Å². The summed E-state index contributed by atoms with van der Waals surface area (Å²) in [4.78, 5) is 29.0. The second-order valence-electron chi connectivity index (χ2n) is 8.08. The van der Waals surface area contributed by atoms with Crippen molar-refractivity contribution in [2.24, 2.45) is 0 Å². The van der Waals surface area contributed by atoms with Crippen LogP contribution in [0, 0.1) is 5.82 Å². The second-order valence-corrected chi connectivity index (χ2v) is 8.08. The maximum absolute atomic E-state index is 13.1. The van der Waals surface area contributed by atoms with Gasteiger partial charge in [0.2, 0.25) is 11.8 Å². The first-order valence-electron chi connectivity index (χ1n) is 10.5. The van der Waals surface area contributed by atoms with E-state index in [2.05, 4.69) is 15.5 Å². The average molecular weight is 404 g/mol. The summed E-state index contributed by atoms with van der Waals surface area (Å²) in [7, 11) is 0. The Morgan fingerprint density at radius 2 is 2.00 bits per heavy atom. The first-order chi connectivity index (χ1) is 14.1. The van der Waals surface area contributed by atoms with Crippen molar-refractivity contribution in [3.63, 3.8) is 0 Å². The van der Waals surface area contributed by atoms with Crippen LogP contribution in [0.4, 0.5) is 4.39 Å². The van der Waals surface area contributed by atoms with Crippen LogP contribution >= 0.6 is 0 Å². The zero-order valence-corrected chi connectivity index (χ0v) is 16.6. The van der Waals surface area contributed by atoms with Gasteiger partial charge in [-0.3, -0.25) is 14.5 Å². The number of ether oxygens (including phenoxy) is 1. The molecule has 2 amide bonds. The molecule has 3 saturated heterocycles. The number of benzene rings is 1. The van der Waals surface area contributed by atoms with Gasteiger partial charge in [0.1, 0.15) is 5.82 Å². The molecule has 3 aliphatic rings. The molecule has 158 valence electrons. The van der Waals surface area contributed by atoms with Gasteiger partial charge in [0.05, 0.1) is 19.3 Å². The number of halogens is 1. The van der Waals surface area contributed by atoms with Crippen molar-refractivity contribution < 1.29 is 18.7 Å². The van der Waals surface area contributed by atoms with Crippen LogP contribution in [-0.2, 0) is 20.9 Å². The van der Waals surface area contributed by atoms with Gasteiger partial charge in [-0.05, 0) is 30.5 Å². The molecule has 4 rings (SSSR count). The third-order valence-electron chi connectivity index (χ3n) is 6.19. The average Bonchev–Trinajstić information content (AvgIpc) is 3.19. The number of hydrogen-bond acceptors (Lipinski definition) is 5. The Morgan fingerprint density at radius 3 is 2.76 bits per heavy atom. The molecule has 8 heteroatoms. The molecule has 0 unspecified atom stereocenters. The number of carbonyl (C=O) groups excluding carboxylic acids is 2. The molecule has 2 N–H and O–H groups in total. The number of carbonyl (C=O) groups is 2. The molecule has 7 nitrogen and oxygen atoms in total. The minimum Gasteiger partial charge on any atom is -0.378 e. The van der Waals surface area contributed by atoms with E-state index in [-0.39, 0.29) is 35.8 Å². The molecule has 0 aromatic heterocycles. The monoisotopic (exact) mass is 404 g/mol. The Labute approximate surface area is 170 Å². The molecule has 0 bridgehead atoms. The summed E-state index contributed by atoms with van der Waals surface area (Å²) in [5, 5.41) is 6.51. The van der Waals surface area contributed by atoms with E-state index in [9.17, 15) is 14.0 Å². The van der Waals surface area contributed by atoms with Gasteiger partial charge < -0.3 is 20.3 Å². The van der Waals surface area contributed by atoms with Gasteiger partial charge in [-0.2, -0.15) is 0 Å². The van der Waals surface area contributed by atoms with Crippen LogP contribution in [0.15, 0.2) is 24.3 Å². The quantitative estimate of drug-likeness (QED) is 0.722. The molecule has 3 atom stereocenters. The molecular formula is C21H29FN4O3. The minimum atomic E-state index is -0.238. The number of piperazine rings is 1. The zero-order valence-electron chi connectivity index (χ0n) is 16.6. The Balaban J connectivity index is 1.29. The molecule has 0 aliphatic carbocycles. The van der Waals surface area contributed by atoms with Crippen molar-refractivity contribution in [2.75, 3.05) is 39.4 Å². The number of hydrogen-bond donors (Lipinski definition) is 2. The molecule has 29 heavy (non-hydrogen) atoms. The van der Waals surface area contributed by atoms with Gasteiger partial charge in [-0.15, -0.1) is 0 Å². The van der Waals surface area contributed by atoms with Crippen molar-refractivity contribution in [1.82, 2.24) is 20.4 Å². The highest BCUT2D eigenvalue weighted by Crippen LogP contribution is 2.26. The molecule has 3 heterocycles. The van der Waals surface area contributed by atoms with Crippen molar-refractivity contribution in [3.8, 4) is 0 Å². The van der Waals surface area contributed by atoms with Crippen LogP contribution in [0.2, 0.25) is 0 Å². The lowest BCUT2D eigenvalue weighted by molar-refractivity contribution is -0.136. The van der Waals surface area contributed by atoms with Gasteiger partial charge >= 0.3 is 0 Å². The predicted octanol–water partition coefficient (Wildman–Crippen LogP) is 0.496. The number of fused-ring (bicyclic) bond motifs is 1. The Bertz CT molecular complexity index is 723. The van der Waals surface area contributed by atoms with E-state index in [1.165, 1.54) is 12.1 Å². The summed E-state index contributed by atoms with van der Waals surface area (Å²) in [5.41, 5.74) is 1.02. The van der Waals surface area contributed by atoms with E-state index in [4.69, 9.17) is 4.74 Å². The van der Waals surface area contributed by atoms with Crippen molar-refractivity contribution in [2.45, 2.75) is 43.9 Å². The highest BCUT2D eigenvalue weighted by Gasteiger charge is 2.43. The van der Waals surface area contributed by atoms with E-state index in [1.54, 1.807) is 12.1 Å². The standard InChI is InChI=1S/C21H29FN4O3/c22-16-3-1-15(2-4-16)12-23-17-11-19-21(28)24-13-18(26(19)14-17)5-6-20(27)25-7-9-29-10-8-25/h1-4,17-19,23H,5-14H2,(H,24,28)/t17-,18+,19-/m0/s1. The summed E-state index contributed by atoms with van der Waals surface area (Å²) < 4.78 is 18.4. The number of rotatable bonds is 6. The molecule has 3 fully saturated rings. The Kier molecular flexibility index (Phi) is 6.42. The SMILES string of the molecule is O=C1NC[C@@H](CCC(=O)N2CCOCC2)N2C[C@@H](NCc3ccc(F)cc3)C[C@@H]12. The van der Waals surface area contributed by atoms with Crippen molar-refractivity contribution in [1.29, 1.82) is 0 Å². The first kappa shape index (κ1) is 20.3. The molecule has 0 saturated carbocycles. The molecule has 0 spiro atoms. The molecule has 1 aromatic carbocycles. The van der Waals surface area contributed by atoms with Crippen LogP contribution in [0.25, 0.3) is 0 Å². The van der Waals surface area contributed by atoms with E-state index < -0.39 is 0 Å². The van der Waals surface area contributed by atoms with Crippen LogP contribution in [0.5, 0.6) is 0 Å². The number of morpholine rings is 1. The highest BCUT2D eigenvalue weighted by atomic mass is 19.1. The molecule has 0 radical (unpaired) electrons. The lowest BCUT2D eigenvalue weighted by Gasteiger charge is -2.37. The van der Waals surface area contributed by atoms with Crippen LogP contribution in [0.3, 0.4) is 0 Å². The zero-order chi connectivity index (χ0) is 20.2. The van der Waals surface area contributed by atoms with Crippen molar-refractivity contribution in [3.05, 3.63) is 35.6 Å². The van der Waals surface area contributed by atoms with Crippen LogP contribution < -0.4 is 10.6 Å². The van der Waals surface area contributed by atoms with Gasteiger partial charge in [0.25, 0.3) is 0 Å². The molecule has 3 aliphatic heterocycles. The number of nitrogens with zero attached hydrogens (tertiary/aromatic N) is 2. The Hall–Kier alpha value is -2.03. The fourth-order valence-corrected chi connectivity index (χ4v) is 4.52. The number of amides is 2. The Morgan fingerprint density at radius 1 is 1.24 bits per heavy atom. The lowest BCUT2D eigenvalue weighted by Crippen LogP contribution is -2.58. The van der Waals surface area contributed by atoms with Crippen molar-refractivity contribution >= 4 is 11.8 Å². The van der Waals surface area contributed by atoms with E-state index in [0.717, 1.165) is 24.9 Å². The number of nitrogens with one attached hydrogen (secondary N) is 2. The van der Waals surface area contributed by atoms with Crippen LogP contribution in [0.1, 0.15) is 24.8 Å². The van der Waals surface area contributed by atoms with E-state index >= 15 is 0 Å². The first-order valence-corrected chi connectivity index (χ1v) is 10.5. The summed E-state index contributed by atoms with van der Waals surface area (Å²) in [6.07, 6.45) is 2.00. The predicted molar refractivity (Wildman–Crippen MR) is 106 cm³/mol. The summed E-state index contributed by atoms with van der Waals surface area (Å²) in [6.45, 7) is 4.59. The third-order valence-corrected chi connectivity index (χ3v) is 6.19. The van der Waals surface area contributed by atoms with E-state index in [0.29, 0.717) is 45.8 Å².